The summed E-state index contributed by atoms with van der Waals surface area (Å²) >= 11 is 0. The lowest BCUT2D eigenvalue weighted by atomic mass is 10.00. The van der Waals surface area contributed by atoms with Crippen LogP contribution in [0.15, 0.2) is 29.0 Å². The molecule has 0 aromatic rings. The van der Waals surface area contributed by atoms with E-state index in [1.54, 1.807) is 6.21 Å². The van der Waals surface area contributed by atoms with Crippen molar-refractivity contribution in [1.29, 1.82) is 5.26 Å². The Morgan fingerprint density at radius 3 is 3.36 bits per heavy atom. The lowest BCUT2D eigenvalue weighted by Gasteiger charge is -2.13. The normalized spacial score (nSPS) is 32.1. The molecule has 2 aliphatic rings. The zero-order valence-corrected chi connectivity index (χ0v) is 5.77. The largest absolute Gasteiger partial charge is 0.474 e. The first kappa shape index (κ1) is 6.17. The van der Waals surface area contributed by atoms with E-state index in [-0.39, 0.29) is 12.1 Å². The number of hydrogen-bond donors (Lipinski definition) is 0. The lowest BCUT2D eigenvalue weighted by Crippen LogP contribution is -2.16. The van der Waals surface area contributed by atoms with Gasteiger partial charge in [-0.1, -0.05) is 6.08 Å². The van der Waals surface area contributed by atoms with Crippen LogP contribution in [-0.4, -0.2) is 12.4 Å². The molecule has 2 unspecified atom stereocenters. The Kier molecular flexibility index (Phi) is 1.26. The molecule has 0 saturated carbocycles. The number of rotatable bonds is 0. The average Bonchev–Trinajstić information content (AvgIpc) is 2.47. The van der Waals surface area contributed by atoms with Crippen molar-refractivity contribution >= 4 is 6.21 Å². The molecule has 54 valence electrons. The number of allylic oxidation sites excluding steroid dienone is 1. The van der Waals surface area contributed by atoms with Crippen LogP contribution in [0.25, 0.3) is 0 Å². The summed E-state index contributed by atoms with van der Waals surface area (Å²) in [5.74, 6) is 0.0463. The number of hydrogen-bond acceptors (Lipinski definition) is 3. The standard InChI is InChI=1S/C8H6N2O/c9-4-6-5-11-8-7(6)2-1-3-10-8/h1-3,5,7-8H. The SMILES string of the molecule is N#CC1=COC2N=CC=CC12. The van der Waals surface area contributed by atoms with E-state index >= 15 is 0 Å². The van der Waals surface area contributed by atoms with Crippen molar-refractivity contribution in [3.63, 3.8) is 0 Å². The topological polar surface area (TPSA) is 45.4 Å². The Hall–Kier alpha value is -1.56. The first-order chi connectivity index (χ1) is 5.42. The summed E-state index contributed by atoms with van der Waals surface area (Å²) in [6.45, 7) is 0. The van der Waals surface area contributed by atoms with Crippen LogP contribution in [0, 0.1) is 17.2 Å². The van der Waals surface area contributed by atoms with Crippen molar-refractivity contribution in [2.45, 2.75) is 6.23 Å². The maximum absolute atomic E-state index is 8.62. The average molecular weight is 146 g/mol. The molecule has 2 heterocycles. The van der Waals surface area contributed by atoms with Gasteiger partial charge in [0.2, 0.25) is 0 Å². The second-order valence-electron chi connectivity index (χ2n) is 2.42. The molecule has 11 heavy (non-hydrogen) atoms. The third-order valence-electron chi connectivity index (χ3n) is 1.77. The highest BCUT2D eigenvalue weighted by Gasteiger charge is 2.29. The van der Waals surface area contributed by atoms with Crippen molar-refractivity contribution in [1.82, 2.24) is 0 Å². The van der Waals surface area contributed by atoms with Gasteiger partial charge in [-0.2, -0.15) is 5.26 Å². The molecule has 0 N–H and O–H groups in total. The minimum absolute atomic E-state index is 0.0463. The minimum atomic E-state index is -0.186. The van der Waals surface area contributed by atoms with Gasteiger partial charge in [0.05, 0.1) is 17.6 Å². The Bertz CT molecular complexity index is 296. The van der Waals surface area contributed by atoms with Crippen LogP contribution in [0.2, 0.25) is 0 Å². The summed E-state index contributed by atoms with van der Waals surface area (Å²) in [5.41, 5.74) is 0.656. The summed E-state index contributed by atoms with van der Waals surface area (Å²) in [6, 6.07) is 2.07. The summed E-state index contributed by atoms with van der Waals surface area (Å²) in [6.07, 6.45) is 6.76. The second kappa shape index (κ2) is 2.24. The van der Waals surface area contributed by atoms with E-state index in [1.165, 1.54) is 6.26 Å². The van der Waals surface area contributed by atoms with Gasteiger partial charge in [-0.15, -0.1) is 0 Å². The van der Waals surface area contributed by atoms with Gasteiger partial charge >= 0.3 is 0 Å². The fraction of sp³-hybridized carbons (Fsp3) is 0.250. The maximum atomic E-state index is 8.62. The summed E-state index contributed by atoms with van der Waals surface area (Å²) in [7, 11) is 0. The molecule has 0 spiro atoms. The van der Waals surface area contributed by atoms with Gasteiger partial charge in [-0.3, -0.25) is 0 Å². The van der Waals surface area contributed by atoms with E-state index in [0.717, 1.165) is 0 Å². The van der Waals surface area contributed by atoms with Gasteiger partial charge in [-0.25, -0.2) is 4.99 Å². The van der Waals surface area contributed by atoms with E-state index in [0.29, 0.717) is 5.57 Å². The molecule has 2 atom stereocenters. The van der Waals surface area contributed by atoms with Crippen molar-refractivity contribution in [2.24, 2.45) is 10.9 Å². The zero-order valence-electron chi connectivity index (χ0n) is 5.77. The summed E-state index contributed by atoms with van der Waals surface area (Å²) in [4.78, 5) is 4.05. The molecule has 3 nitrogen and oxygen atoms in total. The van der Waals surface area contributed by atoms with Crippen LogP contribution in [0.4, 0.5) is 0 Å². The zero-order chi connectivity index (χ0) is 7.68. The van der Waals surface area contributed by atoms with Crippen molar-refractivity contribution in [3.8, 4) is 6.07 Å². The third kappa shape index (κ3) is 0.838. The predicted octanol–water partition coefficient (Wildman–Crippen LogP) is 1.01. The van der Waals surface area contributed by atoms with E-state index < -0.39 is 0 Å². The fourth-order valence-corrected chi connectivity index (χ4v) is 1.19. The first-order valence-electron chi connectivity index (χ1n) is 3.37. The van der Waals surface area contributed by atoms with Gasteiger partial charge in [0, 0.05) is 6.21 Å². The van der Waals surface area contributed by atoms with E-state index in [4.69, 9.17) is 10.00 Å². The molecule has 2 rings (SSSR count). The molecule has 3 heteroatoms. The van der Waals surface area contributed by atoms with Crippen LogP contribution in [0.5, 0.6) is 0 Å². The van der Waals surface area contributed by atoms with Crippen LogP contribution in [0.1, 0.15) is 0 Å². The first-order valence-corrected chi connectivity index (χ1v) is 3.37. The van der Waals surface area contributed by atoms with Gasteiger partial charge in [0.1, 0.15) is 6.26 Å². The van der Waals surface area contributed by atoms with E-state index in [1.807, 2.05) is 12.2 Å². The van der Waals surface area contributed by atoms with Crippen LogP contribution >= 0.6 is 0 Å². The quantitative estimate of drug-likeness (QED) is 0.512. The number of fused-ring (bicyclic) bond motifs is 1. The Balaban J connectivity index is 2.29. The van der Waals surface area contributed by atoms with Gasteiger partial charge in [0.25, 0.3) is 0 Å². The molecule has 0 aliphatic carbocycles. The van der Waals surface area contributed by atoms with Crippen LogP contribution in [-0.2, 0) is 4.74 Å². The smallest absolute Gasteiger partial charge is 0.199 e. The van der Waals surface area contributed by atoms with E-state index in [2.05, 4.69) is 11.1 Å². The minimum Gasteiger partial charge on any atom is -0.474 e. The summed E-state index contributed by atoms with van der Waals surface area (Å²) in [5, 5.41) is 8.62. The van der Waals surface area contributed by atoms with E-state index in [9.17, 15) is 0 Å². The van der Waals surface area contributed by atoms with Crippen LogP contribution in [0.3, 0.4) is 0 Å². The molecule has 0 amide bonds. The fourth-order valence-electron chi connectivity index (χ4n) is 1.19. The summed E-state index contributed by atoms with van der Waals surface area (Å²) < 4.78 is 5.13. The maximum Gasteiger partial charge on any atom is 0.199 e. The monoisotopic (exact) mass is 146 g/mol. The highest BCUT2D eigenvalue weighted by Crippen LogP contribution is 2.28. The highest BCUT2D eigenvalue weighted by atomic mass is 16.5. The molecule has 0 radical (unpaired) electrons. The molecular weight excluding hydrogens is 140 g/mol. The molecule has 0 aromatic carbocycles. The Morgan fingerprint density at radius 2 is 2.55 bits per heavy atom. The van der Waals surface area contributed by atoms with Crippen molar-refractivity contribution in [2.75, 3.05) is 0 Å². The molecular formula is C8H6N2O. The molecule has 2 aliphatic heterocycles. The van der Waals surface area contributed by atoms with Gasteiger partial charge in [-0.05, 0) is 6.08 Å². The Labute approximate surface area is 64.3 Å². The van der Waals surface area contributed by atoms with Gasteiger partial charge < -0.3 is 4.74 Å². The number of ether oxygens (including phenoxy) is 1. The molecule has 0 aromatic heterocycles. The third-order valence-corrected chi connectivity index (χ3v) is 1.77. The number of nitriles is 1. The molecule has 0 bridgehead atoms. The number of nitrogens with zero attached hydrogens (tertiary/aromatic N) is 2. The molecule has 0 saturated heterocycles. The van der Waals surface area contributed by atoms with Gasteiger partial charge in [0.15, 0.2) is 6.23 Å². The molecule has 0 fully saturated rings. The number of aliphatic imine (C=N–C) groups is 1. The number of dihydropyridines is 1. The second-order valence-corrected chi connectivity index (χ2v) is 2.42. The highest BCUT2D eigenvalue weighted by molar-refractivity contribution is 5.72. The van der Waals surface area contributed by atoms with Crippen molar-refractivity contribution < 1.29 is 4.74 Å². The lowest BCUT2D eigenvalue weighted by molar-refractivity contribution is 0.157. The van der Waals surface area contributed by atoms with Crippen molar-refractivity contribution in [3.05, 3.63) is 24.0 Å². The van der Waals surface area contributed by atoms with Crippen LogP contribution < -0.4 is 0 Å². The Morgan fingerprint density at radius 1 is 1.64 bits per heavy atom. The predicted molar refractivity (Wildman–Crippen MR) is 39.7 cm³/mol.